The normalized spacial score (nSPS) is 15.8. The van der Waals surface area contributed by atoms with Gasteiger partial charge >= 0.3 is 0 Å². The fourth-order valence-electron chi connectivity index (χ4n) is 20.8. The van der Waals surface area contributed by atoms with Crippen molar-refractivity contribution in [2.75, 3.05) is 4.90 Å². The predicted octanol–water partition coefficient (Wildman–Crippen LogP) is 28.8. The van der Waals surface area contributed by atoms with E-state index in [2.05, 4.69) is 299 Å². The molecule has 2 aromatic heterocycles. The molecular formula is C100H93NO2. The van der Waals surface area contributed by atoms with Gasteiger partial charge in [0.05, 0.1) is 0 Å². The molecule has 0 N–H and O–H groups in total. The van der Waals surface area contributed by atoms with Crippen molar-refractivity contribution in [1.82, 2.24) is 0 Å². The van der Waals surface area contributed by atoms with Crippen LogP contribution in [-0.2, 0) is 27.1 Å². The highest BCUT2D eigenvalue weighted by molar-refractivity contribution is 6.22. The molecule has 0 bridgehead atoms. The molecule has 0 amide bonds. The van der Waals surface area contributed by atoms with Crippen LogP contribution in [0, 0.1) is 6.92 Å². The van der Waals surface area contributed by atoms with Crippen molar-refractivity contribution in [2.24, 2.45) is 0 Å². The van der Waals surface area contributed by atoms with Crippen LogP contribution in [0.1, 0.15) is 207 Å². The first kappa shape index (κ1) is 63.9. The lowest BCUT2D eigenvalue weighted by molar-refractivity contribution is 0.399. The van der Waals surface area contributed by atoms with Crippen LogP contribution in [0.2, 0.25) is 0 Å². The highest BCUT2D eigenvalue weighted by Gasteiger charge is 2.50. The number of rotatable bonds is 17. The number of benzene rings is 12. The summed E-state index contributed by atoms with van der Waals surface area (Å²) >= 11 is 0. The maximum absolute atomic E-state index is 7.23. The molecule has 0 saturated carbocycles. The lowest BCUT2D eigenvalue weighted by Gasteiger charge is -2.33. The Balaban J connectivity index is 0.700. The Morgan fingerprint density at radius 1 is 0.301 bits per heavy atom. The monoisotopic (exact) mass is 1340 g/mol. The van der Waals surface area contributed by atoms with Gasteiger partial charge in [-0.15, -0.1) is 0 Å². The first-order chi connectivity index (χ1) is 49.9. The average molecular weight is 1340 g/mol. The Morgan fingerprint density at radius 2 is 0.748 bits per heavy atom. The van der Waals surface area contributed by atoms with Gasteiger partial charge < -0.3 is 13.7 Å². The number of para-hydroxylation sites is 2. The number of nitrogens with zero attached hydrogens (tertiary/aromatic N) is 1. The second-order valence-corrected chi connectivity index (χ2v) is 33.4. The maximum Gasteiger partial charge on any atom is 0.144 e. The minimum Gasteiger partial charge on any atom is -0.455 e. The molecule has 3 nitrogen and oxygen atoms in total. The van der Waals surface area contributed by atoms with Gasteiger partial charge in [-0.25, -0.2) is 0 Å². The first-order valence-electron chi connectivity index (χ1n) is 38.8. The van der Waals surface area contributed by atoms with E-state index in [1.54, 1.807) is 11.1 Å². The fourth-order valence-corrected chi connectivity index (χ4v) is 20.8. The molecule has 510 valence electrons. The zero-order valence-electron chi connectivity index (χ0n) is 62.0. The lowest BCUT2D eigenvalue weighted by Crippen LogP contribution is -2.25. The molecule has 0 spiro atoms. The molecule has 0 aliphatic heterocycles. The van der Waals surface area contributed by atoms with Gasteiger partial charge in [0.15, 0.2) is 0 Å². The Morgan fingerprint density at radius 3 is 1.39 bits per heavy atom. The van der Waals surface area contributed by atoms with Gasteiger partial charge in [-0.3, -0.25) is 0 Å². The maximum atomic E-state index is 7.23. The first-order valence-corrected chi connectivity index (χ1v) is 38.8. The van der Waals surface area contributed by atoms with Crippen molar-refractivity contribution in [2.45, 2.75) is 180 Å². The average Bonchev–Trinajstić information content (AvgIpc) is 1.51. The number of hydrogen-bond donors (Lipinski definition) is 0. The Bertz CT molecular complexity index is 5870. The SMILES string of the molecule is CCCCCCCC1(CCCCCCC)c2ccccc2-c2ccc(-c3ccc4c(c3)C(C)(C)c3cc(-c5cc6c(c7c5oc5ccccc57)-c5ccc(N(c7cccc(C)c7)c7ccc8c(c7)C(C)(C)c7c9c(c%10oc%11ccccc%11c%10c7-8)-c7ccccc7C9(C)C)cc5C6(C)C)ccc3-4)cc21. The van der Waals surface area contributed by atoms with E-state index in [0.29, 0.717) is 0 Å². The number of aryl methyl sites for hydroxylation is 1. The molecule has 19 rings (SSSR count). The molecule has 0 radical (unpaired) electrons. The summed E-state index contributed by atoms with van der Waals surface area (Å²) in [5.41, 5.74) is 39.4. The summed E-state index contributed by atoms with van der Waals surface area (Å²) in [6.45, 7) is 26.5. The molecule has 14 aromatic rings. The van der Waals surface area contributed by atoms with Gasteiger partial charge in [0.2, 0.25) is 0 Å². The molecule has 3 heteroatoms. The van der Waals surface area contributed by atoms with E-state index in [-0.39, 0.29) is 27.1 Å². The fraction of sp³-hybridized carbons (Fsp3) is 0.280. The summed E-state index contributed by atoms with van der Waals surface area (Å²) in [6.07, 6.45) is 15.4. The topological polar surface area (TPSA) is 29.5 Å². The van der Waals surface area contributed by atoms with Crippen LogP contribution in [0.15, 0.2) is 227 Å². The largest absolute Gasteiger partial charge is 0.455 e. The minimum atomic E-state index is -0.378. The van der Waals surface area contributed by atoms with Crippen LogP contribution in [0.5, 0.6) is 0 Å². The quantitative estimate of drug-likeness (QED) is 0.0851. The van der Waals surface area contributed by atoms with Gasteiger partial charge in [0.1, 0.15) is 22.3 Å². The third-order valence-electron chi connectivity index (χ3n) is 25.9. The summed E-state index contributed by atoms with van der Waals surface area (Å²) in [5, 5.41) is 4.74. The van der Waals surface area contributed by atoms with E-state index in [9.17, 15) is 0 Å². The van der Waals surface area contributed by atoms with Crippen molar-refractivity contribution < 1.29 is 8.83 Å². The van der Waals surface area contributed by atoms with Crippen molar-refractivity contribution in [3.8, 4) is 77.9 Å². The molecule has 12 aromatic carbocycles. The van der Waals surface area contributed by atoms with Gasteiger partial charge in [0.25, 0.3) is 0 Å². The molecule has 5 aliphatic carbocycles. The molecule has 103 heavy (non-hydrogen) atoms. The summed E-state index contributed by atoms with van der Waals surface area (Å²) in [6, 6.07) is 84.3. The molecule has 2 heterocycles. The van der Waals surface area contributed by atoms with E-state index >= 15 is 0 Å². The van der Waals surface area contributed by atoms with Crippen LogP contribution in [0.3, 0.4) is 0 Å². The zero-order valence-corrected chi connectivity index (χ0v) is 62.0. The highest BCUT2D eigenvalue weighted by Crippen LogP contribution is 2.65. The Labute approximate surface area is 608 Å². The van der Waals surface area contributed by atoms with Crippen molar-refractivity contribution >= 4 is 60.9 Å². The summed E-state index contributed by atoms with van der Waals surface area (Å²) in [5.74, 6) is 0. The molecule has 0 fully saturated rings. The van der Waals surface area contributed by atoms with Crippen molar-refractivity contribution in [3.05, 3.63) is 280 Å². The molecular weight excluding hydrogens is 1250 g/mol. The number of hydrogen-bond acceptors (Lipinski definition) is 3. The zero-order chi connectivity index (χ0) is 70.2. The van der Waals surface area contributed by atoms with E-state index < -0.39 is 0 Å². The lowest BCUT2D eigenvalue weighted by atomic mass is 9.70. The number of anilines is 3. The van der Waals surface area contributed by atoms with E-state index in [4.69, 9.17) is 8.83 Å². The van der Waals surface area contributed by atoms with Crippen molar-refractivity contribution in [1.29, 1.82) is 0 Å². The molecule has 0 atom stereocenters. The molecule has 0 saturated heterocycles. The van der Waals surface area contributed by atoms with E-state index in [0.717, 1.165) is 50.3 Å². The van der Waals surface area contributed by atoms with E-state index in [1.807, 2.05) is 0 Å². The number of fused-ring (bicyclic) bond motifs is 25. The predicted molar refractivity (Wildman–Crippen MR) is 435 cm³/mol. The van der Waals surface area contributed by atoms with Crippen molar-refractivity contribution in [3.63, 3.8) is 0 Å². The van der Waals surface area contributed by atoms with Crippen LogP contribution in [-0.4, -0.2) is 0 Å². The van der Waals surface area contributed by atoms with E-state index in [1.165, 1.54) is 216 Å². The van der Waals surface area contributed by atoms with Crippen LogP contribution in [0.25, 0.3) is 122 Å². The smallest absolute Gasteiger partial charge is 0.144 e. The van der Waals surface area contributed by atoms with Crippen LogP contribution in [0.4, 0.5) is 17.1 Å². The highest BCUT2D eigenvalue weighted by atomic mass is 16.3. The Kier molecular flexibility index (Phi) is 14.4. The second-order valence-electron chi connectivity index (χ2n) is 33.4. The van der Waals surface area contributed by atoms with Gasteiger partial charge in [0, 0.05) is 76.8 Å². The van der Waals surface area contributed by atoms with Gasteiger partial charge in [-0.2, -0.15) is 0 Å². The van der Waals surface area contributed by atoms with Crippen LogP contribution >= 0.6 is 0 Å². The van der Waals surface area contributed by atoms with Gasteiger partial charge in [-0.1, -0.05) is 279 Å². The molecule has 5 aliphatic rings. The summed E-state index contributed by atoms with van der Waals surface area (Å²) in [7, 11) is 0. The molecule has 0 unspecified atom stereocenters. The third-order valence-corrected chi connectivity index (χ3v) is 25.9. The Hall–Kier alpha value is -9.96. The third kappa shape index (κ3) is 9.18. The van der Waals surface area contributed by atoms with Crippen LogP contribution < -0.4 is 4.90 Å². The summed E-state index contributed by atoms with van der Waals surface area (Å²) in [4.78, 5) is 2.52. The number of furan rings is 2. The minimum absolute atomic E-state index is 0.0332. The second kappa shape index (κ2) is 23.3. The summed E-state index contributed by atoms with van der Waals surface area (Å²) < 4.78 is 14.3. The van der Waals surface area contributed by atoms with Gasteiger partial charge in [-0.05, 0) is 221 Å². The number of unbranched alkanes of at least 4 members (excludes halogenated alkanes) is 8. The standard InChI is InChI=1S/C100H93NO2/c1-12-14-16-18-28-51-100(52-29-19-17-15-13-2)78-38-25-20-33-67(78)70-47-42-62(55-83(70)100)61-41-46-68-69-48-43-63(56-80(69)96(4,5)79(68)54-61)76-59-84-87(89-74-35-22-26-39-85(74)102-94(76)89)72-49-44-65(57-81(72)97(84,6)7)101(64-32-30-31-60(3)53-64)66-45-50-73-82(58-66)99(10,11)92-88(73)90-75-36-23-27-40-86(75)103-95(90)91-71-34-21-24-37-77(71)98(8,9)93(91)92/h20-27,30-50,53-59H,12-19,28-29,51-52H2,1-11H3.